The third kappa shape index (κ3) is 5.51. The summed E-state index contributed by atoms with van der Waals surface area (Å²) in [7, 11) is 0. The van der Waals surface area contributed by atoms with Crippen molar-refractivity contribution < 1.29 is 9.59 Å². The molecule has 2 heterocycles. The zero-order valence-corrected chi connectivity index (χ0v) is 21.5. The Morgan fingerprint density at radius 3 is 2.51 bits per heavy atom. The maximum Gasteiger partial charge on any atom is 0.254 e. The first-order chi connectivity index (χ1) is 16.9. The van der Waals surface area contributed by atoms with E-state index in [2.05, 4.69) is 16.7 Å². The van der Waals surface area contributed by atoms with Crippen molar-refractivity contribution >= 4 is 52.1 Å². The standard InChI is InChI=1S/C27H22ClN3O2S2/c1-16-6-3-4-7-20(16)25-21(14-29)27(35-15-22(32)23-8-5-13-34-23)30-17(2)24(25)26(33)31-19-11-9-18(28)10-12-19/h3-13,25,30H,15H2,1-2H3,(H,31,33)/t25-/m1/s1. The van der Waals surface area contributed by atoms with Gasteiger partial charge in [0, 0.05) is 22.0 Å². The summed E-state index contributed by atoms with van der Waals surface area (Å²) in [5.74, 6) is -0.697. The second kappa shape index (κ2) is 11.0. The number of nitrogens with one attached hydrogen (secondary N) is 2. The molecule has 0 unspecified atom stereocenters. The van der Waals surface area contributed by atoms with Crippen LogP contribution >= 0.6 is 34.7 Å². The van der Waals surface area contributed by atoms with Gasteiger partial charge in [-0.15, -0.1) is 11.3 Å². The van der Waals surface area contributed by atoms with E-state index in [1.807, 2.05) is 49.6 Å². The predicted molar refractivity (Wildman–Crippen MR) is 144 cm³/mol. The number of Topliss-reactive ketones (excluding diaryl/α,β-unsaturated/α-hetero) is 1. The second-order valence-corrected chi connectivity index (χ2v) is 10.3. The number of thiophene rings is 1. The number of anilines is 1. The lowest BCUT2D eigenvalue weighted by Gasteiger charge is -2.30. The number of carbonyl (C=O) groups is 2. The fraction of sp³-hybridized carbons (Fsp3) is 0.148. The Bertz CT molecular complexity index is 1370. The van der Waals surface area contributed by atoms with Crippen LogP contribution in [0, 0.1) is 18.3 Å². The van der Waals surface area contributed by atoms with E-state index in [0.29, 0.717) is 37.5 Å². The fourth-order valence-corrected chi connectivity index (χ4v) is 5.78. The van der Waals surface area contributed by atoms with Crippen molar-refractivity contribution in [2.24, 2.45) is 0 Å². The van der Waals surface area contributed by atoms with E-state index in [4.69, 9.17) is 11.6 Å². The SMILES string of the molecule is CC1=C(C(=O)Nc2ccc(Cl)cc2)[C@H](c2ccccc2C)C(C#N)=C(SCC(=O)c2cccs2)N1. The van der Waals surface area contributed by atoms with Gasteiger partial charge in [-0.3, -0.25) is 9.59 Å². The van der Waals surface area contributed by atoms with Gasteiger partial charge in [0.2, 0.25) is 0 Å². The Kier molecular flexibility index (Phi) is 7.76. The summed E-state index contributed by atoms with van der Waals surface area (Å²) in [6, 6.07) is 20.5. The number of ketones is 1. The number of dihydropyridines is 1. The molecule has 3 aromatic rings. The first-order valence-electron chi connectivity index (χ1n) is 10.8. The Labute approximate surface area is 217 Å². The number of allylic oxidation sites excluding steroid dienone is 2. The lowest BCUT2D eigenvalue weighted by atomic mass is 9.80. The molecule has 0 fully saturated rings. The number of hydrogen-bond donors (Lipinski definition) is 2. The summed E-state index contributed by atoms with van der Waals surface area (Å²) in [6.45, 7) is 3.78. The quantitative estimate of drug-likeness (QED) is 0.341. The van der Waals surface area contributed by atoms with Gasteiger partial charge < -0.3 is 10.6 Å². The molecule has 1 amide bonds. The zero-order valence-electron chi connectivity index (χ0n) is 19.1. The first kappa shape index (κ1) is 24.8. The van der Waals surface area contributed by atoms with Gasteiger partial charge in [0.25, 0.3) is 5.91 Å². The Hall–Kier alpha value is -3.31. The van der Waals surface area contributed by atoms with Crippen LogP contribution in [0.25, 0.3) is 0 Å². The van der Waals surface area contributed by atoms with Crippen LogP contribution in [0.3, 0.4) is 0 Å². The third-order valence-electron chi connectivity index (χ3n) is 5.64. The lowest BCUT2D eigenvalue weighted by molar-refractivity contribution is -0.113. The molecule has 1 aromatic heterocycles. The summed E-state index contributed by atoms with van der Waals surface area (Å²) >= 11 is 8.66. The summed E-state index contributed by atoms with van der Waals surface area (Å²) < 4.78 is 0. The molecule has 5 nitrogen and oxygen atoms in total. The van der Waals surface area contributed by atoms with Crippen LogP contribution in [-0.2, 0) is 4.79 Å². The number of rotatable bonds is 7. The molecule has 2 N–H and O–H groups in total. The number of amides is 1. The molecule has 0 spiro atoms. The van der Waals surface area contributed by atoms with Gasteiger partial charge in [-0.1, -0.05) is 53.7 Å². The molecule has 4 rings (SSSR count). The zero-order chi connectivity index (χ0) is 24.9. The minimum Gasteiger partial charge on any atom is -0.353 e. The van der Waals surface area contributed by atoms with E-state index in [1.54, 1.807) is 30.3 Å². The molecule has 0 bridgehead atoms. The van der Waals surface area contributed by atoms with E-state index >= 15 is 0 Å². The van der Waals surface area contributed by atoms with E-state index in [-0.39, 0.29) is 17.4 Å². The van der Waals surface area contributed by atoms with Gasteiger partial charge in [-0.2, -0.15) is 5.26 Å². The molecule has 0 saturated heterocycles. The van der Waals surface area contributed by atoms with Gasteiger partial charge >= 0.3 is 0 Å². The van der Waals surface area contributed by atoms with E-state index < -0.39 is 5.92 Å². The molecule has 0 radical (unpaired) electrons. The maximum absolute atomic E-state index is 13.5. The number of benzene rings is 2. The molecule has 1 atom stereocenters. The van der Waals surface area contributed by atoms with Crippen LogP contribution < -0.4 is 10.6 Å². The highest BCUT2D eigenvalue weighted by Gasteiger charge is 2.35. The number of hydrogen-bond acceptors (Lipinski definition) is 6. The summed E-state index contributed by atoms with van der Waals surface area (Å²) in [5.41, 5.74) is 3.95. The molecule has 8 heteroatoms. The van der Waals surface area contributed by atoms with Crippen molar-refractivity contribution in [3.8, 4) is 6.07 Å². The van der Waals surface area contributed by atoms with Crippen molar-refractivity contribution in [2.45, 2.75) is 19.8 Å². The number of halogens is 1. The van der Waals surface area contributed by atoms with Gasteiger partial charge in [0.15, 0.2) is 5.78 Å². The van der Waals surface area contributed by atoms with Gasteiger partial charge in [0.1, 0.15) is 0 Å². The Balaban J connectivity index is 1.71. The average molecular weight is 520 g/mol. The van der Waals surface area contributed by atoms with Crippen molar-refractivity contribution in [3.63, 3.8) is 0 Å². The molecule has 2 aromatic carbocycles. The normalized spacial score (nSPS) is 15.4. The van der Waals surface area contributed by atoms with Crippen LogP contribution in [0.5, 0.6) is 0 Å². The summed E-state index contributed by atoms with van der Waals surface area (Å²) in [5, 5.41) is 19.4. The van der Waals surface area contributed by atoms with E-state index in [0.717, 1.165) is 11.1 Å². The van der Waals surface area contributed by atoms with Crippen LogP contribution in [0.2, 0.25) is 5.02 Å². The molecule has 176 valence electrons. The van der Waals surface area contributed by atoms with Gasteiger partial charge in [-0.25, -0.2) is 0 Å². The second-order valence-electron chi connectivity index (χ2n) is 7.96. The smallest absolute Gasteiger partial charge is 0.254 e. The van der Waals surface area contributed by atoms with Crippen LogP contribution in [-0.4, -0.2) is 17.4 Å². The summed E-state index contributed by atoms with van der Waals surface area (Å²) in [6.07, 6.45) is 0. The maximum atomic E-state index is 13.5. The van der Waals surface area contributed by atoms with Crippen molar-refractivity contribution in [3.05, 3.63) is 109 Å². The number of nitriles is 1. The molecule has 0 saturated carbocycles. The van der Waals surface area contributed by atoms with Crippen molar-refractivity contribution in [2.75, 3.05) is 11.1 Å². The third-order valence-corrected chi connectivity index (χ3v) is 7.82. The largest absolute Gasteiger partial charge is 0.353 e. The Morgan fingerprint density at radius 1 is 1.11 bits per heavy atom. The monoisotopic (exact) mass is 519 g/mol. The molecule has 1 aliphatic rings. The van der Waals surface area contributed by atoms with Crippen molar-refractivity contribution in [1.29, 1.82) is 5.26 Å². The summed E-state index contributed by atoms with van der Waals surface area (Å²) in [4.78, 5) is 26.8. The molecule has 1 aliphatic heterocycles. The highest BCUT2D eigenvalue weighted by Crippen LogP contribution is 2.42. The van der Waals surface area contributed by atoms with Crippen LogP contribution in [0.15, 0.2) is 87.9 Å². The fourth-order valence-electron chi connectivity index (χ4n) is 3.93. The van der Waals surface area contributed by atoms with Gasteiger partial charge in [-0.05, 0) is 60.7 Å². The predicted octanol–water partition coefficient (Wildman–Crippen LogP) is 6.66. The topological polar surface area (TPSA) is 82.0 Å². The lowest BCUT2D eigenvalue weighted by Crippen LogP contribution is -2.31. The van der Waals surface area contributed by atoms with E-state index in [9.17, 15) is 14.9 Å². The minimum atomic E-state index is -0.575. The highest BCUT2D eigenvalue weighted by atomic mass is 35.5. The van der Waals surface area contributed by atoms with Crippen LogP contribution in [0.1, 0.15) is 33.6 Å². The first-order valence-corrected chi connectivity index (χ1v) is 13.1. The molecular weight excluding hydrogens is 498 g/mol. The van der Waals surface area contributed by atoms with Crippen molar-refractivity contribution in [1.82, 2.24) is 5.32 Å². The molecule has 35 heavy (non-hydrogen) atoms. The number of thioether (sulfide) groups is 1. The van der Waals surface area contributed by atoms with Crippen LogP contribution in [0.4, 0.5) is 5.69 Å². The number of carbonyl (C=O) groups excluding carboxylic acids is 2. The molecular formula is C27H22ClN3O2S2. The highest BCUT2D eigenvalue weighted by molar-refractivity contribution is 8.03. The Morgan fingerprint density at radius 2 is 1.86 bits per heavy atom. The van der Waals surface area contributed by atoms with E-state index in [1.165, 1.54) is 23.1 Å². The minimum absolute atomic E-state index is 0.00283. The van der Waals surface area contributed by atoms with Gasteiger partial charge in [0.05, 0.1) is 33.2 Å². The number of aryl methyl sites for hydroxylation is 1. The number of nitrogens with zero attached hydrogens (tertiary/aromatic N) is 1. The average Bonchev–Trinajstić information content (AvgIpc) is 3.39. The molecule has 0 aliphatic carbocycles.